The van der Waals surface area contributed by atoms with E-state index in [1.54, 1.807) is 0 Å². The molecule has 1 saturated heterocycles. The van der Waals surface area contributed by atoms with E-state index < -0.39 is 11.6 Å². The molecular weight excluding hydrogens is 320 g/mol. The van der Waals surface area contributed by atoms with Crippen molar-refractivity contribution in [3.63, 3.8) is 0 Å². The van der Waals surface area contributed by atoms with Crippen LogP contribution in [0.3, 0.4) is 0 Å². The minimum atomic E-state index is -0.665. The fraction of sp³-hybridized carbons (Fsp3) is 0.950. The fourth-order valence-corrected chi connectivity index (χ4v) is 3.91. The van der Waals surface area contributed by atoms with E-state index in [1.165, 1.54) is 58.3 Å². The molecule has 0 unspecified atom stereocenters. The number of carbonyl (C=O) groups excluding carboxylic acids is 1. The summed E-state index contributed by atoms with van der Waals surface area (Å²) in [6.07, 6.45) is 19.3. The monoisotopic (exact) mass is 356 g/mol. The molecule has 1 heterocycles. The highest BCUT2D eigenvalue weighted by Crippen LogP contribution is 2.42. The number of hydrogen-bond acceptors (Lipinski definition) is 5. The topological polar surface area (TPSA) is 54.0 Å². The van der Waals surface area contributed by atoms with Gasteiger partial charge in [-0.25, -0.2) is 0 Å². The fourth-order valence-electron chi connectivity index (χ4n) is 3.91. The summed E-state index contributed by atoms with van der Waals surface area (Å²) in [4.78, 5) is 32.1. The van der Waals surface area contributed by atoms with Gasteiger partial charge in [0.1, 0.15) is 6.29 Å². The summed E-state index contributed by atoms with van der Waals surface area (Å²) in [6, 6.07) is 0. The van der Waals surface area contributed by atoms with Gasteiger partial charge in [-0.15, -0.1) is 0 Å². The Morgan fingerprint density at radius 2 is 0.720 bits per heavy atom. The summed E-state index contributed by atoms with van der Waals surface area (Å²) in [5, 5.41) is 0. The normalized spacial score (nSPS) is 27.4. The Morgan fingerprint density at radius 1 is 0.520 bits per heavy atom. The van der Waals surface area contributed by atoms with Crippen LogP contribution in [0.25, 0.3) is 0 Å². The summed E-state index contributed by atoms with van der Waals surface area (Å²) in [6.45, 7) is 1.44. The molecule has 0 radical (unpaired) electrons. The van der Waals surface area contributed by atoms with Crippen molar-refractivity contribution in [3.05, 3.63) is 0 Å². The van der Waals surface area contributed by atoms with Crippen LogP contribution in [-0.4, -0.2) is 17.9 Å². The van der Waals surface area contributed by atoms with Crippen molar-refractivity contribution >= 4 is 6.29 Å². The van der Waals surface area contributed by atoms with Crippen LogP contribution < -0.4 is 0 Å². The molecule has 1 aliphatic heterocycles. The van der Waals surface area contributed by atoms with E-state index in [4.69, 9.17) is 24.3 Å². The van der Waals surface area contributed by atoms with Gasteiger partial charge in [0.25, 0.3) is 0 Å². The zero-order chi connectivity index (χ0) is 17.8. The Bertz CT molecular complexity index is 341. The van der Waals surface area contributed by atoms with Crippen LogP contribution in [0.4, 0.5) is 0 Å². The van der Waals surface area contributed by atoms with E-state index in [1.807, 2.05) is 0 Å². The Morgan fingerprint density at radius 3 is 1.00 bits per heavy atom. The third kappa shape index (κ3) is 6.97. The van der Waals surface area contributed by atoms with Gasteiger partial charge < -0.3 is 4.79 Å². The van der Waals surface area contributed by atoms with Gasteiger partial charge in [0.2, 0.25) is 11.6 Å². The van der Waals surface area contributed by atoms with Gasteiger partial charge in [-0.2, -0.15) is 19.6 Å². The molecule has 146 valence electrons. The highest BCUT2D eigenvalue weighted by atomic mass is 17.4. The summed E-state index contributed by atoms with van der Waals surface area (Å²) < 4.78 is 0. The predicted molar refractivity (Wildman–Crippen MR) is 95.4 cm³/mol. The summed E-state index contributed by atoms with van der Waals surface area (Å²) in [5.74, 6) is -1.30. The Balaban J connectivity index is 0.000000701. The van der Waals surface area contributed by atoms with Crippen LogP contribution in [-0.2, 0) is 24.3 Å². The molecule has 0 aromatic rings. The average molecular weight is 357 g/mol. The van der Waals surface area contributed by atoms with Crippen LogP contribution in [0.2, 0.25) is 0 Å². The molecule has 3 rings (SSSR count). The lowest BCUT2D eigenvalue weighted by Gasteiger charge is -2.44. The van der Waals surface area contributed by atoms with Gasteiger partial charge >= 0.3 is 0 Å². The Hall–Kier alpha value is -0.490. The maximum absolute atomic E-state index is 8.81. The van der Waals surface area contributed by atoms with Crippen molar-refractivity contribution in [3.8, 4) is 0 Å². The minimum Gasteiger partial charge on any atom is -0.304 e. The van der Waals surface area contributed by atoms with E-state index in [9.17, 15) is 0 Å². The molecule has 2 saturated carbocycles. The predicted octanol–water partition coefficient (Wildman–Crippen LogP) is 5.76. The quantitative estimate of drug-likeness (QED) is 0.408. The van der Waals surface area contributed by atoms with E-state index in [0.29, 0.717) is 0 Å². The SMILES string of the molecule is C1CCCCCC2(CCCCC1)OOC1(CCCCC1)OO2.CC=O. The van der Waals surface area contributed by atoms with Gasteiger partial charge in [-0.3, -0.25) is 0 Å². The maximum atomic E-state index is 8.81. The molecule has 3 aliphatic rings. The summed E-state index contributed by atoms with van der Waals surface area (Å²) >= 11 is 0. The highest BCUT2D eigenvalue weighted by molar-refractivity contribution is 5.44. The molecule has 0 bridgehead atoms. The van der Waals surface area contributed by atoms with E-state index in [2.05, 4.69) is 0 Å². The number of aldehydes is 1. The van der Waals surface area contributed by atoms with Gasteiger partial charge in [0.15, 0.2) is 0 Å². The van der Waals surface area contributed by atoms with Crippen molar-refractivity contribution in [2.24, 2.45) is 0 Å². The average Bonchev–Trinajstić information content (AvgIpc) is 2.62. The van der Waals surface area contributed by atoms with Crippen LogP contribution >= 0.6 is 0 Å². The van der Waals surface area contributed by atoms with Crippen molar-refractivity contribution < 1.29 is 24.3 Å². The largest absolute Gasteiger partial charge is 0.304 e. The first kappa shape index (κ1) is 20.8. The number of hydrogen-bond donors (Lipinski definition) is 0. The summed E-state index contributed by atoms with van der Waals surface area (Å²) in [7, 11) is 0. The van der Waals surface area contributed by atoms with Crippen molar-refractivity contribution in [2.45, 2.75) is 121 Å². The zero-order valence-electron chi connectivity index (χ0n) is 15.9. The third-order valence-electron chi connectivity index (χ3n) is 5.42. The van der Waals surface area contributed by atoms with E-state index in [0.717, 1.165) is 57.7 Å². The molecule has 5 heteroatoms. The van der Waals surface area contributed by atoms with Crippen LogP contribution in [0, 0.1) is 0 Å². The number of rotatable bonds is 0. The molecule has 3 fully saturated rings. The van der Waals surface area contributed by atoms with Crippen molar-refractivity contribution in [1.82, 2.24) is 0 Å². The summed E-state index contributed by atoms with van der Waals surface area (Å²) in [5.41, 5.74) is 0. The standard InChI is InChI=1S/C18H32O4.C2H4O/c1-2-4-6-9-13-17(14-10-7-5-3-1)19-21-18(22-20-17)15-11-8-12-16-18;1-2-3/h1-16H2;2H,1H3. The molecule has 0 N–H and O–H groups in total. The molecule has 0 atom stereocenters. The highest BCUT2D eigenvalue weighted by Gasteiger charge is 2.48. The van der Waals surface area contributed by atoms with Gasteiger partial charge in [0.05, 0.1) is 0 Å². The second kappa shape index (κ2) is 11.3. The smallest absolute Gasteiger partial charge is 0.234 e. The zero-order valence-corrected chi connectivity index (χ0v) is 15.9. The molecule has 2 spiro atoms. The molecular formula is C20H36O5. The molecule has 2 aliphatic carbocycles. The maximum Gasteiger partial charge on any atom is 0.234 e. The second-order valence-corrected chi connectivity index (χ2v) is 7.63. The Kier molecular flexibility index (Phi) is 9.39. The first-order chi connectivity index (χ1) is 12.2. The molecule has 5 nitrogen and oxygen atoms in total. The van der Waals surface area contributed by atoms with E-state index >= 15 is 0 Å². The van der Waals surface area contributed by atoms with Crippen molar-refractivity contribution in [1.29, 1.82) is 0 Å². The molecule has 0 amide bonds. The van der Waals surface area contributed by atoms with E-state index in [-0.39, 0.29) is 0 Å². The second-order valence-electron chi connectivity index (χ2n) is 7.63. The minimum absolute atomic E-state index is 0.632. The van der Waals surface area contributed by atoms with Crippen LogP contribution in [0.1, 0.15) is 110 Å². The van der Waals surface area contributed by atoms with Gasteiger partial charge in [-0.05, 0) is 32.6 Å². The lowest BCUT2D eigenvalue weighted by atomic mass is 9.94. The molecule has 0 aromatic carbocycles. The molecule has 0 aromatic heterocycles. The van der Waals surface area contributed by atoms with Crippen LogP contribution in [0.15, 0.2) is 0 Å². The van der Waals surface area contributed by atoms with Gasteiger partial charge in [-0.1, -0.05) is 51.4 Å². The van der Waals surface area contributed by atoms with Gasteiger partial charge in [0, 0.05) is 25.7 Å². The number of carbonyl (C=O) groups is 1. The molecule has 25 heavy (non-hydrogen) atoms. The first-order valence-electron chi connectivity index (χ1n) is 10.4. The van der Waals surface area contributed by atoms with Crippen LogP contribution in [0.5, 0.6) is 0 Å². The first-order valence-corrected chi connectivity index (χ1v) is 10.4. The van der Waals surface area contributed by atoms with Crippen molar-refractivity contribution in [2.75, 3.05) is 0 Å². The lowest BCUT2D eigenvalue weighted by Crippen LogP contribution is -2.51. The Labute approximate surface area is 152 Å². The third-order valence-corrected chi connectivity index (χ3v) is 5.42. The lowest BCUT2D eigenvalue weighted by molar-refractivity contribution is -0.661.